The van der Waals surface area contributed by atoms with Gasteiger partial charge in [0.05, 0.1) is 46.2 Å². The number of benzene rings is 4. The summed E-state index contributed by atoms with van der Waals surface area (Å²) < 4.78 is 65.4. The average molecular weight is 749 g/mol. The largest absolute Gasteiger partial charge is 0.367 e. The monoisotopic (exact) mass is 748 g/mol. The van der Waals surface area contributed by atoms with Crippen molar-refractivity contribution >= 4 is 33.4 Å². The van der Waals surface area contributed by atoms with Crippen molar-refractivity contribution < 1.29 is 17.6 Å². The summed E-state index contributed by atoms with van der Waals surface area (Å²) in [5.74, 6) is -0.438. The first-order valence-electron chi connectivity index (χ1n) is 19.8. The molecule has 12 heteroatoms. The summed E-state index contributed by atoms with van der Waals surface area (Å²) in [5, 5.41) is 6.88. The number of aromatic nitrogens is 4. The molecule has 10 rings (SSSR count). The molecule has 284 valence electrons. The third kappa shape index (κ3) is 6.23. The van der Waals surface area contributed by atoms with Crippen molar-refractivity contribution in [2.24, 2.45) is 0 Å². The minimum absolute atomic E-state index is 0.0567. The predicted octanol–water partition coefficient (Wildman–Crippen LogP) is 9.31. The SMILES string of the molecule is Fc1cc2nc([C@@H]3CCCN3)[nH]c2cc1C1CC[C@H](c2cc3[nH]c([C@@H]4CCCN4)nc3cc2F)N1c1cc(F)c(N2CCC(c3ccccc3)CC2)c(F)c1. The third-order valence-corrected chi connectivity index (χ3v) is 12.5. The van der Waals surface area contributed by atoms with Gasteiger partial charge in [-0.1, -0.05) is 30.3 Å². The fourth-order valence-corrected chi connectivity index (χ4v) is 9.76. The van der Waals surface area contributed by atoms with Crippen molar-refractivity contribution in [1.29, 1.82) is 0 Å². The first-order chi connectivity index (χ1) is 26.9. The minimum Gasteiger partial charge on any atom is -0.367 e. The highest BCUT2D eigenvalue weighted by atomic mass is 19.1. The van der Waals surface area contributed by atoms with Crippen LogP contribution in [-0.4, -0.2) is 46.1 Å². The highest BCUT2D eigenvalue weighted by molar-refractivity contribution is 5.78. The Hall–Kier alpha value is -4.94. The number of halogens is 4. The number of fused-ring (bicyclic) bond motifs is 2. The standard InChI is InChI=1S/C43H44F4N8/c44-29-22-37-35(50-42(52-37)33-8-4-14-48-33)20-27(29)39-10-11-40(28-21-36-38(23-30(28)45)53-43(51-36)34-9-5-15-49-34)55(39)26-18-31(46)41(32(47)19-26)54-16-12-25(13-17-54)24-6-2-1-3-7-24/h1-3,6-7,18-23,25,33-34,39-40,48-49H,4-5,8-17H2,(H,50,52)(H,51,53)/t33-,34-,39+,40?/m0/s1. The Morgan fingerprint density at radius 3 is 1.60 bits per heavy atom. The number of piperidine rings is 1. The van der Waals surface area contributed by atoms with E-state index >= 15 is 17.6 Å². The van der Waals surface area contributed by atoms with Crippen LogP contribution in [0.5, 0.6) is 0 Å². The molecule has 55 heavy (non-hydrogen) atoms. The second kappa shape index (κ2) is 14.0. The molecule has 4 atom stereocenters. The second-order valence-corrected chi connectivity index (χ2v) is 15.8. The number of H-pyrrole nitrogens is 2. The lowest BCUT2D eigenvalue weighted by atomic mass is 9.89. The van der Waals surface area contributed by atoms with Crippen LogP contribution in [0.15, 0.2) is 66.7 Å². The van der Waals surface area contributed by atoms with E-state index < -0.39 is 35.4 Å². The molecule has 0 spiro atoms. The Kier molecular flexibility index (Phi) is 8.77. The zero-order valence-electron chi connectivity index (χ0n) is 30.5. The first kappa shape index (κ1) is 34.5. The lowest BCUT2D eigenvalue weighted by Gasteiger charge is -2.36. The van der Waals surface area contributed by atoms with E-state index in [4.69, 9.17) is 9.97 Å². The number of hydrogen-bond donors (Lipinski definition) is 4. The molecular weight excluding hydrogens is 705 g/mol. The van der Waals surface area contributed by atoms with E-state index in [-0.39, 0.29) is 23.5 Å². The maximum Gasteiger partial charge on any atom is 0.151 e. The van der Waals surface area contributed by atoms with Crippen molar-refractivity contribution in [2.45, 2.75) is 81.5 Å². The van der Waals surface area contributed by atoms with Gasteiger partial charge >= 0.3 is 0 Å². The van der Waals surface area contributed by atoms with Crippen LogP contribution in [0.4, 0.5) is 28.9 Å². The topological polar surface area (TPSA) is 87.9 Å². The average Bonchev–Trinajstić information content (AvgIpc) is 4.04. The molecule has 4 aromatic carbocycles. The molecule has 6 aromatic rings. The smallest absolute Gasteiger partial charge is 0.151 e. The van der Waals surface area contributed by atoms with Crippen LogP contribution in [0.2, 0.25) is 0 Å². The Morgan fingerprint density at radius 2 is 1.11 bits per heavy atom. The van der Waals surface area contributed by atoms with Crippen LogP contribution in [0.3, 0.4) is 0 Å². The van der Waals surface area contributed by atoms with E-state index in [1.54, 1.807) is 17.0 Å². The van der Waals surface area contributed by atoms with E-state index in [1.807, 2.05) is 23.1 Å². The number of hydrogen-bond acceptors (Lipinski definition) is 6. The normalized spacial score (nSPS) is 23.6. The van der Waals surface area contributed by atoms with Crippen molar-refractivity contribution in [3.8, 4) is 0 Å². The molecule has 0 aliphatic carbocycles. The quantitative estimate of drug-likeness (QED) is 0.122. The van der Waals surface area contributed by atoms with Gasteiger partial charge in [-0.15, -0.1) is 0 Å². The molecule has 2 aromatic heterocycles. The van der Waals surface area contributed by atoms with Crippen molar-refractivity contribution in [3.05, 3.63) is 118 Å². The highest BCUT2D eigenvalue weighted by Gasteiger charge is 2.40. The zero-order valence-corrected chi connectivity index (χ0v) is 30.5. The number of aromatic amines is 2. The number of anilines is 2. The lowest BCUT2D eigenvalue weighted by Crippen LogP contribution is -2.34. The van der Waals surface area contributed by atoms with E-state index in [2.05, 4.69) is 32.7 Å². The lowest BCUT2D eigenvalue weighted by molar-refractivity contribution is 0.485. The molecule has 4 fully saturated rings. The molecule has 8 nitrogen and oxygen atoms in total. The summed E-state index contributed by atoms with van der Waals surface area (Å²) in [6.07, 6.45) is 6.40. The summed E-state index contributed by atoms with van der Waals surface area (Å²) in [4.78, 5) is 19.8. The predicted molar refractivity (Wildman–Crippen MR) is 206 cm³/mol. The van der Waals surface area contributed by atoms with Gasteiger partial charge in [0.15, 0.2) is 11.6 Å². The summed E-state index contributed by atoms with van der Waals surface area (Å²) in [7, 11) is 0. The van der Waals surface area contributed by atoms with Gasteiger partial charge in [0.2, 0.25) is 0 Å². The molecular formula is C43H44F4N8. The van der Waals surface area contributed by atoms with Crippen LogP contribution in [0, 0.1) is 23.3 Å². The minimum atomic E-state index is -0.686. The van der Waals surface area contributed by atoms with Gasteiger partial charge in [0.1, 0.15) is 29.0 Å². The van der Waals surface area contributed by atoms with Gasteiger partial charge < -0.3 is 30.4 Å². The number of nitrogens with one attached hydrogen (secondary N) is 4. The van der Waals surface area contributed by atoms with Crippen molar-refractivity contribution in [1.82, 2.24) is 30.6 Å². The molecule has 1 unspecified atom stereocenters. The molecule has 6 heterocycles. The first-order valence-corrected chi connectivity index (χ1v) is 19.8. The highest BCUT2D eigenvalue weighted by Crippen LogP contribution is 2.50. The molecule has 4 saturated heterocycles. The van der Waals surface area contributed by atoms with Crippen LogP contribution < -0.4 is 20.4 Å². The third-order valence-electron chi connectivity index (χ3n) is 12.5. The van der Waals surface area contributed by atoms with Gasteiger partial charge in [-0.2, -0.15) is 0 Å². The number of nitrogens with zero attached hydrogens (tertiary/aromatic N) is 4. The summed E-state index contributed by atoms with van der Waals surface area (Å²) in [5.41, 5.74) is 4.58. The van der Waals surface area contributed by atoms with Gasteiger partial charge in [-0.05, 0) is 100 Å². The second-order valence-electron chi connectivity index (χ2n) is 15.8. The zero-order chi connectivity index (χ0) is 37.2. The fourth-order valence-electron chi connectivity index (χ4n) is 9.76. The van der Waals surface area contributed by atoms with E-state index in [0.717, 1.165) is 63.3 Å². The molecule has 0 amide bonds. The maximum absolute atomic E-state index is 16.4. The van der Waals surface area contributed by atoms with E-state index in [0.29, 0.717) is 65.0 Å². The summed E-state index contributed by atoms with van der Waals surface area (Å²) >= 11 is 0. The molecule has 4 aliphatic rings. The number of imidazole rings is 2. The molecule has 4 N–H and O–H groups in total. The van der Waals surface area contributed by atoms with Gasteiger partial charge in [0.25, 0.3) is 0 Å². The van der Waals surface area contributed by atoms with Crippen molar-refractivity contribution in [3.63, 3.8) is 0 Å². The van der Waals surface area contributed by atoms with E-state index in [1.165, 1.54) is 29.8 Å². The van der Waals surface area contributed by atoms with Gasteiger partial charge in [0, 0.05) is 42.0 Å². The van der Waals surface area contributed by atoms with Crippen molar-refractivity contribution in [2.75, 3.05) is 36.0 Å². The Balaban J connectivity index is 1.03. The van der Waals surface area contributed by atoms with Crippen LogP contribution in [-0.2, 0) is 0 Å². The van der Waals surface area contributed by atoms with Gasteiger partial charge in [-0.3, -0.25) is 0 Å². The fraction of sp³-hybridized carbons (Fsp3) is 0.395. The van der Waals surface area contributed by atoms with Gasteiger partial charge in [-0.25, -0.2) is 27.5 Å². The maximum atomic E-state index is 16.4. The molecule has 4 aliphatic heterocycles. The van der Waals surface area contributed by atoms with E-state index in [9.17, 15) is 0 Å². The van der Waals surface area contributed by atoms with Crippen LogP contribution in [0.25, 0.3) is 22.1 Å². The summed E-state index contributed by atoms with van der Waals surface area (Å²) in [6, 6.07) is 18.2. The Labute approximate surface area is 316 Å². The van der Waals surface area contributed by atoms with Crippen LogP contribution in [0.1, 0.15) is 110 Å². The Bertz CT molecular complexity index is 2220. The summed E-state index contributed by atoms with van der Waals surface area (Å²) in [6.45, 7) is 2.83. The molecule has 0 bridgehead atoms. The Morgan fingerprint density at radius 1 is 0.582 bits per heavy atom. The number of rotatable bonds is 7. The van der Waals surface area contributed by atoms with Crippen LogP contribution >= 0.6 is 0 Å². The molecule has 0 saturated carbocycles. The molecule has 0 radical (unpaired) electrons.